The molecular weight excluding hydrogens is 872 g/mol. The maximum absolute atomic E-state index is 6.71. The first-order chi connectivity index (χ1) is 33.9. The highest BCUT2D eigenvalue weighted by Crippen LogP contribution is 2.48. The number of nitrogens with one attached hydrogen (secondary N) is 1. The Kier molecular flexibility index (Phi) is 8.74. The molecule has 9 aromatic carbocycles. The van der Waals surface area contributed by atoms with Crippen LogP contribution >= 0.6 is 11.3 Å². The van der Waals surface area contributed by atoms with Crippen LogP contribution in [0.1, 0.15) is 52.7 Å². The molecule has 70 heavy (non-hydrogen) atoms. The summed E-state index contributed by atoms with van der Waals surface area (Å²) in [7, 11) is 2.45. The minimum absolute atomic E-state index is 0.0165. The number of hydrogen-bond donors (Lipinski definition) is 1. The van der Waals surface area contributed by atoms with E-state index in [9.17, 15) is 0 Å². The average molecular weight is 920 g/mol. The van der Waals surface area contributed by atoms with Crippen molar-refractivity contribution in [3.8, 4) is 38.4 Å². The highest BCUT2D eigenvalue weighted by atomic mass is 32.1. The van der Waals surface area contributed by atoms with Gasteiger partial charge in [-0.15, -0.1) is 11.3 Å². The van der Waals surface area contributed by atoms with Crippen LogP contribution in [-0.2, 0) is 10.8 Å². The number of rotatable bonds is 5. The van der Waals surface area contributed by atoms with E-state index in [4.69, 9.17) is 8.83 Å². The molecule has 0 fully saturated rings. The lowest BCUT2D eigenvalue weighted by atomic mass is 9.59. The van der Waals surface area contributed by atoms with Gasteiger partial charge < -0.3 is 18.7 Å². The molecule has 0 aliphatic carbocycles. The third kappa shape index (κ3) is 6.29. The number of benzene rings is 9. The van der Waals surface area contributed by atoms with E-state index in [-0.39, 0.29) is 10.8 Å². The Hall–Kier alpha value is -7.80. The number of aromatic nitrogens is 1. The highest BCUT2D eigenvalue weighted by molar-refractivity contribution is 7.23. The van der Waals surface area contributed by atoms with Gasteiger partial charge in [-0.05, 0) is 98.7 Å². The molecule has 0 amide bonds. The Bertz CT molecular complexity index is 4290. The normalized spacial score (nSPS) is 12.8. The summed E-state index contributed by atoms with van der Waals surface area (Å²) >= 11 is 1.88. The van der Waals surface area contributed by atoms with Crippen LogP contribution in [0.2, 0.25) is 0 Å². The molecule has 0 bridgehead atoms. The van der Waals surface area contributed by atoms with Gasteiger partial charge in [-0.3, -0.25) is 0 Å². The average Bonchev–Trinajstić information content (AvgIpc) is 4.12. The molecule has 5 heterocycles. The zero-order chi connectivity index (χ0) is 47.2. The fraction of sp³-hybridized carbons (Fsp3) is 0.125. The first-order valence-electron chi connectivity index (χ1n) is 24.3. The summed E-state index contributed by atoms with van der Waals surface area (Å²) in [5.41, 5.74) is 19.9. The molecule has 1 radical (unpaired) electrons. The number of anilines is 2. The molecule has 4 aromatic heterocycles. The second-order valence-electron chi connectivity index (χ2n) is 21.2. The standard InChI is InChI=1S/C64H48BN2O2S/c1-63(2,3)38-21-24-40(25-22-38)66-51-34-56-48(46-29-39(64(4,5)6)23-28-55(46)69-56)30-44(51)42-26-27-43-45-31-47-41-19-13-14-20-54(41)68-57(47)35-52(45)67-53-32-49-58(33-50(53)65-60(42)61(43)67)70-62(37-17-11-8-12-18-37)59(49)36-15-9-7-10-16-36/h7-35,66H,1-6H3. The summed E-state index contributed by atoms with van der Waals surface area (Å²) in [5, 5.41) is 12.0. The number of furan rings is 2. The van der Waals surface area contributed by atoms with Gasteiger partial charge in [0.1, 0.15) is 22.3 Å². The highest BCUT2D eigenvalue weighted by Gasteiger charge is 2.30. The topological polar surface area (TPSA) is 43.2 Å². The first-order valence-corrected chi connectivity index (χ1v) is 25.1. The molecule has 13 aromatic rings. The van der Waals surface area contributed by atoms with Crippen molar-refractivity contribution in [2.75, 3.05) is 5.32 Å². The molecule has 335 valence electrons. The molecule has 0 unspecified atom stereocenters. The molecule has 6 heteroatoms. The zero-order valence-corrected chi connectivity index (χ0v) is 40.8. The van der Waals surface area contributed by atoms with E-state index < -0.39 is 0 Å². The number of fused-ring (bicyclic) bond motifs is 12. The number of hydrogen-bond acceptors (Lipinski definition) is 4. The van der Waals surface area contributed by atoms with E-state index >= 15 is 0 Å². The van der Waals surface area contributed by atoms with E-state index in [1.807, 2.05) is 11.3 Å². The lowest BCUT2D eigenvalue weighted by Crippen LogP contribution is -2.37. The molecule has 0 saturated heterocycles. The van der Waals surface area contributed by atoms with Crippen molar-refractivity contribution in [2.24, 2.45) is 0 Å². The van der Waals surface area contributed by atoms with Gasteiger partial charge in [0.05, 0.1) is 11.2 Å². The summed E-state index contributed by atoms with van der Waals surface area (Å²) in [6.45, 7) is 13.6. The maximum Gasteiger partial charge on any atom is 0.197 e. The van der Waals surface area contributed by atoms with Gasteiger partial charge in [-0.2, -0.15) is 0 Å². The monoisotopic (exact) mass is 919 g/mol. The van der Waals surface area contributed by atoms with E-state index in [1.54, 1.807) is 0 Å². The van der Waals surface area contributed by atoms with Crippen molar-refractivity contribution in [1.29, 1.82) is 0 Å². The third-order valence-electron chi connectivity index (χ3n) is 14.7. The predicted octanol–water partition coefficient (Wildman–Crippen LogP) is 17.1. The molecule has 0 atom stereocenters. The number of para-hydroxylation sites is 1. The molecule has 4 nitrogen and oxygen atoms in total. The lowest BCUT2D eigenvalue weighted by molar-refractivity contribution is 0.590. The zero-order valence-electron chi connectivity index (χ0n) is 40.0. The van der Waals surface area contributed by atoms with Crippen molar-refractivity contribution in [3.05, 3.63) is 187 Å². The van der Waals surface area contributed by atoms with Crippen LogP contribution < -0.4 is 16.2 Å². The van der Waals surface area contributed by atoms with Gasteiger partial charge in [0, 0.05) is 87.4 Å². The fourth-order valence-electron chi connectivity index (χ4n) is 11.1. The van der Waals surface area contributed by atoms with Crippen molar-refractivity contribution in [1.82, 2.24) is 4.57 Å². The summed E-state index contributed by atoms with van der Waals surface area (Å²) in [6, 6.07) is 64.5. The van der Waals surface area contributed by atoms with Crippen molar-refractivity contribution in [2.45, 2.75) is 52.4 Å². The van der Waals surface area contributed by atoms with Gasteiger partial charge >= 0.3 is 0 Å². The van der Waals surface area contributed by atoms with Gasteiger partial charge in [-0.25, -0.2) is 0 Å². The van der Waals surface area contributed by atoms with Gasteiger partial charge in [-0.1, -0.05) is 156 Å². The smallest absolute Gasteiger partial charge is 0.197 e. The van der Waals surface area contributed by atoms with E-state index in [2.05, 4.69) is 235 Å². The minimum atomic E-state index is -0.0165. The molecular formula is C64H48BN2O2S. The van der Waals surface area contributed by atoms with Crippen molar-refractivity contribution in [3.63, 3.8) is 0 Å². The van der Waals surface area contributed by atoms with Gasteiger partial charge in [0.25, 0.3) is 0 Å². The van der Waals surface area contributed by atoms with E-state index in [0.717, 1.165) is 77.6 Å². The SMILES string of the molecule is CC(C)(C)c1ccc(Nc2cc3oc4ccc(C(C)(C)C)cc4c3cc2-c2ccc3c4cc5c(cc4n4c3c2[B]c2cc3sc(-c6ccccc6)c(-c6ccccc6)c3cc2-4)oc2ccccc25)cc1. The lowest BCUT2D eigenvalue weighted by Gasteiger charge is -2.24. The Morgan fingerprint density at radius 1 is 0.486 bits per heavy atom. The number of thiophene rings is 1. The Balaban J connectivity index is 1.07. The number of nitrogens with zero attached hydrogens (tertiary/aromatic N) is 1. The Morgan fingerprint density at radius 3 is 1.90 bits per heavy atom. The first kappa shape index (κ1) is 41.2. The molecule has 14 rings (SSSR count). The summed E-state index contributed by atoms with van der Waals surface area (Å²) in [6.07, 6.45) is 0. The van der Waals surface area contributed by atoms with Crippen molar-refractivity contribution >= 4 is 117 Å². The quantitative estimate of drug-likeness (QED) is 0.175. The minimum Gasteiger partial charge on any atom is -0.456 e. The molecule has 1 N–H and O–H groups in total. The molecule has 0 spiro atoms. The van der Waals surface area contributed by atoms with Crippen LogP contribution in [0.5, 0.6) is 0 Å². The summed E-state index contributed by atoms with van der Waals surface area (Å²) in [4.78, 5) is 1.27. The molecule has 1 aliphatic rings. The summed E-state index contributed by atoms with van der Waals surface area (Å²) in [5.74, 6) is 0. The Labute approximate surface area is 411 Å². The van der Waals surface area contributed by atoms with Crippen LogP contribution in [-0.4, -0.2) is 11.8 Å². The molecule has 1 aliphatic heterocycles. The fourth-order valence-corrected chi connectivity index (χ4v) is 12.4. The van der Waals surface area contributed by atoms with Gasteiger partial charge in [0.2, 0.25) is 0 Å². The second-order valence-corrected chi connectivity index (χ2v) is 22.3. The van der Waals surface area contributed by atoms with E-state index in [0.29, 0.717) is 0 Å². The van der Waals surface area contributed by atoms with E-state index in [1.165, 1.54) is 70.0 Å². The van der Waals surface area contributed by atoms with Crippen LogP contribution in [0.4, 0.5) is 11.4 Å². The van der Waals surface area contributed by atoms with Crippen molar-refractivity contribution < 1.29 is 8.83 Å². The van der Waals surface area contributed by atoms with Crippen LogP contribution in [0.15, 0.2) is 185 Å². The molecule has 0 saturated carbocycles. The predicted molar refractivity (Wildman–Crippen MR) is 299 cm³/mol. The largest absolute Gasteiger partial charge is 0.456 e. The van der Waals surface area contributed by atoms with Crippen LogP contribution in [0.25, 0.3) is 114 Å². The maximum atomic E-state index is 6.71. The third-order valence-corrected chi connectivity index (χ3v) is 15.9. The summed E-state index contributed by atoms with van der Waals surface area (Å²) < 4.78 is 17.1. The van der Waals surface area contributed by atoms with Crippen LogP contribution in [0, 0.1) is 0 Å². The van der Waals surface area contributed by atoms with Gasteiger partial charge in [0.15, 0.2) is 7.28 Å². The Morgan fingerprint density at radius 2 is 1.14 bits per heavy atom. The van der Waals surface area contributed by atoms with Crippen LogP contribution in [0.3, 0.4) is 0 Å². The second kappa shape index (κ2) is 14.9.